The molecule has 260 valence electrons. The first-order valence-corrected chi connectivity index (χ1v) is 17.1. The summed E-state index contributed by atoms with van der Waals surface area (Å²) in [4.78, 5) is 21.1. The lowest BCUT2D eigenvalue weighted by atomic mass is 9.79. The van der Waals surface area contributed by atoms with Gasteiger partial charge in [-0.1, -0.05) is 78.9 Å². The fraction of sp³-hybridized carbons (Fsp3) is 0.359. The van der Waals surface area contributed by atoms with Crippen LogP contribution in [0.2, 0.25) is 0 Å². The summed E-state index contributed by atoms with van der Waals surface area (Å²) in [5.74, 6) is -2.32. The first-order valence-electron chi connectivity index (χ1n) is 17.1. The van der Waals surface area contributed by atoms with Gasteiger partial charge in [0, 0.05) is 31.5 Å². The summed E-state index contributed by atoms with van der Waals surface area (Å²) in [6.07, 6.45) is -1.63. The third-order valence-corrected chi connectivity index (χ3v) is 10.4. The molecule has 3 unspecified atom stereocenters. The molecule has 8 rings (SSSR count). The topological polar surface area (TPSA) is 125 Å². The summed E-state index contributed by atoms with van der Waals surface area (Å²) in [5.41, 5.74) is 12.3. The zero-order chi connectivity index (χ0) is 34.6. The van der Waals surface area contributed by atoms with Crippen molar-refractivity contribution in [3.05, 3.63) is 119 Å². The molecule has 2 fully saturated rings. The Bertz CT molecular complexity index is 1850. The molecule has 3 heterocycles. The van der Waals surface area contributed by atoms with Gasteiger partial charge in [-0.05, 0) is 53.8 Å². The molecule has 4 aromatic rings. The minimum Gasteiger partial charge on any atom is -0.467 e. The SMILES string of the molecule is CCOC(OCC)c1cc(OCOC)c2c(c1)N1C[C@H]3C(N3C3(c4ccccc4)c4ccccc4-c4ccccc43)[C@@](O)(O1)C2COC(N)=O. The van der Waals surface area contributed by atoms with E-state index in [2.05, 4.69) is 65.6 Å². The second-order valence-corrected chi connectivity index (χ2v) is 12.9. The summed E-state index contributed by atoms with van der Waals surface area (Å²) < 4.78 is 29.0. The van der Waals surface area contributed by atoms with Gasteiger partial charge in [0.1, 0.15) is 12.4 Å². The highest BCUT2D eigenvalue weighted by Gasteiger charge is 2.75. The second-order valence-electron chi connectivity index (χ2n) is 12.9. The minimum atomic E-state index is -1.86. The third-order valence-electron chi connectivity index (χ3n) is 10.4. The number of amides is 1. The number of fused-ring (bicyclic) bond motifs is 9. The Balaban J connectivity index is 1.32. The summed E-state index contributed by atoms with van der Waals surface area (Å²) in [5, 5.41) is 14.8. The summed E-state index contributed by atoms with van der Waals surface area (Å²) in [7, 11) is 1.54. The van der Waals surface area contributed by atoms with Crippen LogP contribution in [0.3, 0.4) is 0 Å². The number of rotatable bonds is 12. The summed E-state index contributed by atoms with van der Waals surface area (Å²) >= 11 is 0. The predicted molar refractivity (Wildman–Crippen MR) is 184 cm³/mol. The van der Waals surface area contributed by atoms with Crippen LogP contribution >= 0.6 is 0 Å². The van der Waals surface area contributed by atoms with Gasteiger partial charge in [-0.2, -0.15) is 0 Å². The standard InChI is InChI=1S/C39H41N3O8/c1-4-46-36(47-5-2)24-19-31-34(33(20-24)49-23-45-3)30(22-48-37(40)43)39(44)35-32(21-41(31)50-39)42(35)38(25-13-7-6-8-14-25)28-17-11-9-15-26(28)27-16-10-12-18-29(27)38/h6-20,30,32,35-36,44H,4-5,21-23H2,1-3H3,(H2,40,43)/t30?,32-,35?,39-,42?/m0/s1. The largest absolute Gasteiger partial charge is 0.467 e. The van der Waals surface area contributed by atoms with Crippen molar-refractivity contribution in [2.45, 2.75) is 49.5 Å². The van der Waals surface area contributed by atoms with E-state index < -0.39 is 35.7 Å². The lowest BCUT2D eigenvalue weighted by molar-refractivity contribution is -0.251. The Hall–Kier alpha value is -4.49. The van der Waals surface area contributed by atoms with E-state index >= 15 is 0 Å². The normalized spacial score (nSPS) is 24.9. The van der Waals surface area contributed by atoms with E-state index in [1.54, 1.807) is 5.06 Å². The van der Waals surface area contributed by atoms with Crippen molar-refractivity contribution in [3.8, 4) is 16.9 Å². The average molecular weight is 680 g/mol. The maximum atomic E-state index is 13.0. The van der Waals surface area contributed by atoms with Crippen molar-refractivity contribution >= 4 is 11.8 Å². The quantitative estimate of drug-likeness (QED) is 0.149. The van der Waals surface area contributed by atoms with Gasteiger partial charge in [0.2, 0.25) is 5.79 Å². The van der Waals surface area contributed by atoms with Crippen LogP contribution in [0, 0.1) is 0 Å². The summed E-state index contributed by atoms with van der Waals surface area (Å²) in [6.45, 7) is 4.78. The van der Waals surface area contributed by atoms with E-state index in [9.17, 15) is 9.90 Å². The molecule has 2 bridgehead atoms. The van der Waals surface area contributed by atoms with Crippen molar-refractivity contribution in [2.75, 3.05) is 45.3 Å². The number of aliphatic hydroxyl groups is 1. The number of hydrogen-bond acceptors (Lipinski definition) is 10. The first-order chi connectivity index (χ1) is 24.4. The number of carbonyl (C=O) groups excluding carboxylic acids is 1. The number of hydroxylamine groups is 1. The molecular weight excluding hydrogens is 638 g/mol. The van der Waals surface area contributed by atoms with Gasteiger partial charge >= 0.3 is 6.09 Å². The monoisotopic (exact) mass is 679 g/mol. The Labute approximate surface area is 291 Å². The fourth-order valence-corrected chi connectivity index (χ4v) is 8.57. The van der Waals surface area contributed by atoms with Crippen LogP contribution in [0.25, 0.3) is 11.1 Å². The van der Waals surface area contributed by atoms with E-state index in [4.69, 9.17) is 34.3 Å². The molecule has 0 aromatic heterocycles. The smallest absolute Gasteiger partial charge is 0.404 e. The number of hydrogen-bond donors (Lipinski definition) is 2. The molecule has 4 aromatic carbocycles. The van der Waals surface area contributed by atoms with Gasteiger partial charge in [0.25, 0.3) is 0 Å². The highest BCUT2D eigenvalue weighted by atomic mass is 16.8. The van der Waals surface area contributed by atoms with Crippen molar-refractivity contribution in [1.82, 2.24) is 4.90 Å². The van der Waals surface area contributed by atoms with Gasteiger partial charge in [-0.15, -0.1) is 0 Å². The van der Waals surface area contributed by atoms with Gasteiger partial charge in [0.15, 0.2) is 13.1 Å². The molecule has 2 saturated heterocycles. The van der Waals surface area contributed by atoms with Gasteiger partial charge < -0.3 is 34.5 Å². The molecule has 0 spiro atoms. The van der Waals surface area contributed by atoms with Crippen molar-refractivity contribution < 1.29 is 38.4 Å². The molecule has 11 nitrogen and oxygen atoms in total. The predicted octanol–water partition coefficient (Wildman–Crippen LogP) is 5.40. The number of primary amides is 1. The maximum absolute atomic E-state index is 13.0. The van der Waals surface area contributed by atoms with Crippen LogP contribution in [-0.4, -0.2) is 74.2 Å². The third kappa shape index (κ3) is 4.84. The zero-order valence-electron chi connectivity index (χ0n) is 28.3. The zero-order valence-corrected chi connectivity index (χ0v) is 28.3. The number of nitrogens with zero attached hydrogens (tertiary/aromatic N) is 2. The molecule has 3 aliphatic heterocycles. The van der Waals surface area contributed by atoms with Crippen LogP contribution in [-0.2, 0) is 29.3 Å². The second kappa shape index (κ2) is 12.7. The maximum Gasteiger partial charge on any atom is 0.404 e. The Kier molecular flexibility index (Phi) is 8.29. The molecule has 0 radical (unpaired) electrons. The molecule has 5 atom stereocenters. The summed E-state index contributed by atoms with van der Waals surface area (Å²) in [6, 6.07) is 30.4. The Morgan fingerprint density at radius 1 is 0.960 bits per heavy atom. The number of carbonyl (C=O) groups is 1. The average Bonchev–Trinajstić information content (AvgIpc) is 3.79. The van der Waals surface area contributed by atoms with Crippen LogP contribution in [0.15, 0.2) is 91.0 Å². The van der Waals surface area contributed by atoms with Gasteiger partial charge in [-0.3, -0.25) is 4.90 Å². The minimum absolute atomic E-state index is 0.0601. The molecule has 1 aliphatic carbocycles. The van der Waals surface area contributed by atoms with E-state index in [1.165, 1.54) is 7.11 Å². The van der Waals surface area contributed by atoms with Gasteiger partial charge in [-0.25, -0.2) is 14.7 Å². The van der Waals surface area contributed by atoms with Crippen molar-refractivity contribution in [3.63, 3.8) is 0 Å². The Morgan fingerprint density at radius 2 is 1.60 bits per heavy atom. The number of nitrogens with two attached hydrogens (primary N) is 1. The highest BCUT2D eigenvalue weighted by molar-refractivity contribution is 5.84. The lowest BCUT2D eigenvalue weighted by Gasteiger charge is -2.48. The van der Waals surface area contributed by atoms with E-state index in [1.807, 2.05) is 44.2 Å². The molecule has 50 heavy (non-hydrogen) atoms. The van der Waals surface area contributed by atoms with Crippen LogP contribution in [0.1, 0.15) is 53.9 Å². The molecule has 11 heteroatoms. The number of methoxy groups -OCH3 is 1. The van der Waals surface area contributed by atoms with Crippen LogP contribution < -0.4 is 15.5 Å². The van der Waals surface area contributed by atoms with E-state index in [-0.39, 0.29) is 19.4 Å². The molecular formula is C39H41N3O8. The van der Waals surface area contributed by atoms with Crippen molar-refractivity contribution in [1.29, 1.82) is 0 Å². The fourth-order valence-electron chi connectivity index (χ4n) is 8.57. The number of ether oxygens (including phenoxy) is 5. The van der Waals surface area contributed by atoms with E-state index in [0.29, 0.717) is 42.3 Å². The van der Waals surface area contributed by atoms with Crippen LogP contribution in [0.4, 0.5) is 10.5 Å². The van der Waals surface area contributed by atoms with E-state index in [0.717, 1.165) is 27.8 Å². The molecule has 1 amide bonds. The van der Waals surface area contributed by atoms with Crippen molar-refractivity contribution in [2.24, 2.45) is 5.73 Å². The lowest BCUT2D eigenvalue weighted by Crippen LogP contribution is -2.60. The number of anilines is 1. The first kappa shape index (κ1) is 32.7. The molecule has 3 N–H and O–H groups in total. The highest BCUT2D eigenvalue weighted by Crippen LogP contribution is 2.65. The van der Waals surface area contributed by atoms with Gasteiger partial charge in [0.05, 0.1) is 35.8 Å². The molecule has 4 aliphatic rings. The Morgan fingerprint density at radius 3 is 2.22 bits per heavy atom. The molecule has 0 saturated carbocycles. The van der Waals surface area contributed by atoms with Crippen LogP contribution in [0.5, 0.6) is 5.75 Å². The number of benzene rings is 4.